The predicted molar refractivity (Wildman–Crippen MR) is 136 cm³/mol. The number of nitrogen functional groups attached to an aromatic ring is 1. The standard InChI is InChI=1S/C25H34N6O4/c1-6-7-14-30-23(26)22(24(33)27-25(30)34)31(15-18-10-8-9-11-20(18)35-5)21(32)13-12-19-16(2)28-29(4)17(19)3/h8-11H,6-7,12-15,26H2,1-5H3,(H,27,33,34). The van der Waals surface area contributed by atoms with E-state index in [4.69, 9.17) is 10.5 Å². The number of nitrogens with two attached hydrogens (primary N) is 1. The number of hydrogen-bond acceptors (Lipinski definition) is 6. The number of ether oxygens (including phenoxy) is 1. The highest BCUT2D eigenvalue weighted by molar-refractivity contribution is 5.95. The molecule has 10 nitrogen and oxygen atoms in total. The van der Waals surface area contributed by atoms with Crippen molar-refractivity contribution in [2.45, 2.75) is 59.5 Å². The topological polar surface area (TPSA) is 128 Å². The molecular weight excluding hydrogens is 448 g/mol. The maximum absolute atomic E-state index is 13.6. The van der Waals surface area contributed by atoms with E-state index in [1.54, 1.807) is 17.9 Å². The van der Waals surface area contributed by atoms with E-state index in [0.29, 0.717) is 30.7 Å². The average molecular weight is 483 g/mol. The van der Waals surface area contributed by atoms with Crippen molar-refractivity contribution in [3.63, 3.8) is 0 Å². The Morgan fingerprint density at radius 1 is 1.23 bits per heavy atom. The van der Waals surface area contributed by atoms with Gasteiger partial charge in [-0.1, -0.05) is 31.5 Å². The second-order valence-corrected chi connectivity index (χ2v) is 8.56. The zero-order valence-electron chi connectivity index (χ0n) is 21.1. The number of nitrogens with zero attached hydrogens (tertiary/aromatic N) is 4. The van der Waals surface area contributed by atoms with Gasteiger partial charge in [-0.25, -0.2) is 4.79 Å². The number of carbonyl (C=O) groups excluding carboxylic acids is 1. The van der Waals surface area contributed by atoms with Gasteiger partial charge in [-0.15, -0.1) is 0 Å². The van der Waals surface area contributed by atoms with Gasteiger partial charge in [-0.05, 0) is 38.3 Å². The molecule has 1 amide bonds. The number of para-hydroxylation sites is 1. The summed E-state index contributed by atoms with van der Waals surface area (Å²) in [5.41, 5.74) is 8.58. The van der Waals surface area contributed by atoms with Crippen molar-refractivity contribution in [2.24, 2.45) is 7.05 Å². The van der Waals surface area contributed by atoms with Gasteiger partial charge in [0.2, 0.25) is 5.91 Å². The minimum atomic E-state index is -0.697. The molecule has 0 aliphatic heterocycles. The van der Waals surface area contributed by atoms with Crippen LogP contribution < -0.4 is 26.6 Å². The predicted octanol–water partition coefficient (Wildman–Crippen LogP) is 2.44. The SMILES string of the molecule is CCCCn1c(N)c(N(Cc2ccccc2OC)C(=O)CCc2c(C)nn(C)c2C)c(=O)[nH]c1=O. The Hall–Kier alpha value is -3.82. The van der Waals surface area contributed by atoms with Crippen molar-refractivity contribution in [1.82, 2.24) is 19.3 Å². The van der Waals surface area contributed by atoms with Crippen LogP contribution in [-0.4, -0.2) is 32.3 Å². The third-order valence-electron chi connectivity index (χ3n) is 6.29. The Morgan fingerprint density at radius 3 is 2.57 bits per heavy atom. The Kier molecular flexibility index (Phi) is 8.16. The largest absolute Gasteiger partial charge is 0.496 e. The number of benzene rings is 1. The number of aryl methyl sites for hydroxylation is 2. The molecule has 3 N–H and O–H groups in total. The maximum Gasteiger partial charge on any atom is 0.330 e. The quantitative estimate of drug-likeness (QED) is 0.457. The van der Waals surface area contributed by atoms with Crippen LogP contribution in [-0.2, 0) is 31.4 Å². The van der Waals surface area contributed by atoms with Gasteiger partial charge in [0.05, 0.1) is 19.3 Å². The second kappa shape index (κ2) is 11.1. The lowest BCUT2D eigenvalue weighted by molar-refractivity contribution is -0.118. The van der Waals surface area contributed by atoms with E-state index in [0.717, 1.165) is 23.4 Å². The lowest BCUT2D eigenvalue weighted by atomic mass is 10.1. The number of anilines is 2. The lowest BCUT2D eigenvalue weighted by Gasteiger charge is -2.25. The Labute approximate surface area is 204 Å². The summed E-state index contributed by atoms with van der Waals surface area (Å²) in [6, 6.07) is 7.27. The van der Waals surface area contributed by atoms with Crippen LogP contribution in [0.4, 0.5) is 11.5 Å². The number of H-pyrrole nitrogens is 1. The number of aromatic amines is 1. The van der Waals surface area contributed by atoms with Crippen LogP contribution in [0.5, 0.6) is 5.75 Å². The number of unbranched alkanes of at least 4 members (excludes halogenated alkanes) is 1. The lowest BCUT2D eigenvalue weighted by Crippen LogP contribution is -2.41. The van der Waals surface area contributed by atoms with E-state index >= 15 is 0 Å². The van der Waals surface area contributed by atoms with Gasteiger partial charge in [0.15, 0.2) is 5.69 Å². The summed E-state index contributed by atoms with van der Waals surface area (Å²) in [6.45, 7) is 6.26. The van der Waals surface area contributed by atoms with Crippen molar-refractivity contribution < 1.29 is 9.53 Å². The number of carbonyl (C=O) groups is 1. The van der Waals surface area contributed by atoms with Gasteiger partial charge in [0.1, 0.15) is 11.6 Å². The smallest absolute Gasteiger partial charge is 0.330 e. The summed E-state index contributed by atoms with van der Waals surface area (Å²) in [4.78, 5) is 42.7. The van der Waals surface area contributed by atoms with Crippen LogP contribution in [0.15, 0.2) is 33.9 Å². The molecule has 35 heavy (non-hydrogen) atoms. The zero-order chi connectivity index (χ0) is 25.7. The van der Waals surface area contributed by atoms with Crippen molar-refractivity contribution in [3.8, 4) is 5.75 Å². The van der Waals surface area contributed by atoms with Gasteiger partial charge in [0.25, 0.3) is 5.56 Å². The molecule has 2 aromatic heterocycles. The van der Waals surface area contributed by atoms with Gasteiger partial charge in [-0.3, -0.25) is 28.7 Å². The molecule has 3 rings (SSSR count). The average Bonchev–Trinajstić information content (AvgIpc) is 3.07. The van der Waals surface area contributed by atoms with Crippen molar-refractivity contribution in [1.29, 1.82) is 0 Å². The van der Waals surface area contributed by atoms with Crippen LogP contribution in [0.1, 0.15) is 48.7 Å². The number of methoxy groups -OCH3 is 1. The van der Waals surface area contributed by atoms with Crippen LogP contribution in [0.25, 0.3) is 0 Å². The first-order chi connectivity index (χ1) is 16.7. The normalized spacial score (nSPS) is 11.0. The molecule has 0 bridgehead atoms. The Morgan fingerprint density at radius 2 is 1.94 bits per heavy atom. The van der Waals surface area contributed by atoms with E-state index in [9.17, 15) is 14.4 Å². The summed E-state index contributed by atoms with van der Waals surface area (Å²) in [5, 5.41) is 4.42. The summed E-state index contributed by atoms with van der Waals surface area (Å²) in [6.07, 6.45) is 2.14. The van der Waals surface area contributed by atoms with Crippen LogP contribution in [0.3, 0.4) is 0 Å². The molecule has 0 radical (unpaired) electrons. The van der Waals surface area contributed by atoms with E-state index in [1.165, 1.54) is 9.47 Å². The summed E-state index contributed by atoms with van der Waals surface area (Å²) in [7, 11) is 3.41. The summed E-state index contributed by atoms with van der Waals surface area (Å²) in [5.74, 6) is 0.263. The fourth-order valence-electron chi connectivity index (χ4n) is 4.22. The molecule has 0 spiro atoms. The van der Waals surface area contributed by atoms with Gasteiger partial charge < -0.3 is 10.5 Å². The van der Waals surface area contributed by atoms with Gasteiger partial charge in [-0.2, -0.15) is 5.10 Å². The molecular formula is C25H34N6O4. The van der Waals surface area contributed by atoms with E-state index in [2.05, 4.69) is 10.1 Å². The molecule has 0 fully saturated rings. The molecule has 1 aromatic carbocycles. The molecule has 0 saturated carbocycles. The molecule has 0 aliphatic rings. The Balaban J connectivity index is 2.06. The fourth-order valence-corrected chi connectivity index (χ4v) is 4.22. The first-order valence-electron chi connectivity index (χ1n) is 11.7. The van der Waals surface area contributed by atoms with Gasteiger partial charge >= 0.3 is 5.69 Å². The highest BCUT2D eigenvalue weighted by Crippen LogP contribution is 2.26. The van der Waals surface area contributed by atoms with Crippen LogP contribution in [0, 0.1) is 13.8 Å². The van der Waals surface area contributed by atoms with Crippen molar-refractivity contribution in [2.75, 3.05) is 17.7 Å². The number of amides is 1. The number of rotatable bonds is 10. The molecule has 188 valence electrons. The summed E-state index contributed by atoms with van der Waals surface area (Å²) < 4.78 is 8.56. The second-order valence-electron chi connectivity index (χ2n) is 8.56. The molecule has 10 heteroatoms. The third kappa shape index (κ3) is 5.47. The van der Waals surface area contributed by atoms with Crippen LogP contribution in [0.2, 0.25) is 0 Å². The molecule has 2 heterocycles. The van der Waals surface area contributed by atoms with Crippen molar-refractivity contribution >= 4 is 17.4 Å². The van der Waals surface area contributed by atoms with E-state index < -0.39 is 11.2 Å². The third-order valence-corrected chi connectivity index (χ3v) is 6.29. The molecule has 3 aromatic rings. The molecule has 0 aliphatic carbocycles. The summed E-state index contributed by atoms with van der Waals surface area (Å²) >= 11 is 0. The monoisotopic (exact) mass is 482 g/mol. The van der Waals surface area contributed by atoms with Gasteiger partial charge in [0, 0.05) is 31.3 Å². The first-order valence-corrected chi connectivity index (χ1v) is 11.7. The molecule has 0 atom stereocenters. The number of nitrogens with one attached hydrogen (secondary N) is 1. The van der Waals surface area contributed by atoms with E-state index in [-0.39, 0.29) is 30.4 Å². The minimum Gasteiger partial charge on any atom is -0.496 e. The van der Waals surface area contributed by atoms with Crippen LogP contribution >= 0.6 is 0 Å². The van der Waals surface area contributed by atoms with Crippen molar-refractivity contribution in [3.05, 3.63) is 67.6 Å². The molecule has 0 saturated heterocycles. The highest BCUT2D eigenvalue weighted by atomic mass is 16.5. The molecule has 0 unspecified atom stereocenters. The first kappa shape index (κ1) is 25.8. The Bertz CT molecular complexity index is 1320. The number of aromatic nitrogens is 4. The maximum atomic E-state index is 13.6. The minimum absolute atomic E-state index is 0.0239. The number of hydrogen-bond donors (Lipinski definition) is 2. The fraction of sp³-hybridized carbons (Fsp3) is 0.440. The zero-order valence-corrected chi connectivity index (χ0v) is 21.1. The highest BCUT2D eigenvalue weighted by Gasteiger charge is 2.26. The van der Waals surface area contributed by atoms with E-state index in [1.807, 2.05) is 46.0 Å².